The first-order valence-corrected chi connectivity index (χ1v) is 6.15. The van der Waals surface area contributed by atoms with E-state index in [1.165, 1.54) is 0 Å². The summed E-state index contributed by atoms with van der Waals surface area (Å²) in [5.41, 5.74) is 3.15. The van der Waals surface area contributed by atoms with Gasteiger partial charge in [-0.3, -0.25) is 9.78 Å². The first-order valence-electron chi connectivity index (χ1n) is 6.15. The summed E-state index contributed by atoms with van der Waals surface area (Å²) in [6.07, 6.45) is 5.45. The van der Waals surface area contributed by atoms with Crippen LogP contribution in [0.15, 0.2) is 36.8 Å². The van der Waals surface area contributed by atoms with E-state index in [9.17, 15) is 0 Å². The van der Waals surface area contributed by atoms with E-state index in [0.717, 1.165) is 22.2 Å². The number of aromatic nitrogens is 4. The van der Waals surface area contributed by atoms with Gasteiger partial charge < -0.3 is 10.4 Å². The van der Waals surface area contributed by atoms with E-state index in [-0.39, 0.29) is 6.61 Å². The number of nitrogens with zero attached hydrogens (tertiary/aromatic N) is 3. The maximum absolute atomic E-state index is 8.84. The second kappa shape index (κ2) is 5.11. The molecule has 0 aliphatic heterocycles. The van der Waals surface area contributed by atoms with Crippen molar-refractivity contribution in [2.24, 2.45) is 0 Å². The molecule has 6 heteroatoms. The van der Waals surface area contributed by atoms with Gasteiger partial charge in [0.05, 0.1) is 36.7 Å². The van der Waals surface area contributed by atoms with E-state index in [1.54, 1.807) is 10.9 Å². The number of hydrogen-bond acceptors (Lipinski definition) is 4. The molecule has 3 aromatic rings. The number of aliphatic hydroxyl groups is 1. The first-order chi connectivity index (χ1) is 9.36. The third-order valence-corrected chi connectivity index (χ3v) is 3.01. The molecule has 0 aliphatic carbocycles. The van der Waals surface area contributed by atoms with Gasteiger partial charge in [-0.05, 0) is 5.56 Å². The summed E-state index contributed by atoms with van der Waals surface area (Å²) in [6.45, 7) is 1.30. The zero-order valence-corrected chi connectivity index (χ0v) is 10.4. The third-order valence-electron chi connectivity index (χ3n) is 3.01. The Balaban J connectivity index is 1.73. The number of hydrogen-bond donors (Lipinski definition) is 3. The van der Waals surface area contributed by atoms with Gasteiger partial charge >= 0.3 is 0 Å². The fraction of sp³-hybridized carbons (Fsp3) is 0.231. The Morgan fingerprint density at radius 3 is 3.16 bits per heavy atom. The summed E-state index contributed by atoms with van der Waals surface area (Å²) in [7, 11) is 0. The topological polar surface area (TPSA) is 78.8 Å². The van der Waals surface area contributed by atoms with Crippen LogP contribution in [0.4, 0.5) is 5.69 Å². The fourth-order valence-corrected chi connectivity index (χ4v) is 2.05. The average Bonchev–Trinajstić information content (AvgIpc) is 3.05. The van der Waals surface area contributed by atoms with Crippen molar-refractivity contribution in [1.82, 2.24) is 20.0 Å². The van der Waals surface area contributed by atoms with Crippen LogP contribution in [0.3, 0.4) is 0 Å². The van der Waals surface area contributed by atoms with E-state index < -0.39 is 0 Å². The van der Waals surface area contributed by atoms with E-state index in [0.29, 0.717) is 13.1 Å². The average molecular weight is 257 g/mol. The van der Waals surface area contributed by atoms with Crippen LogP contribution in [-0.4, -0.2) is 31.7 Å². The SMILES string of the molecule is OCCn1cc(NCc2cccc3cn[nH]c23)cn1. The van der Waals surface area contributed by atoms with Gasteiger partial charge in [-0.1, -0.05) is 18.2 Å². The maximum atomic E-state index is 8.84. The molecule has 0 aliphatic rings. The molecular weight excluding hydrogens is 242 g/mol. The van der Waals surface area contributed by atoms with Crippen molar-refractivity contribution in [1.29, 1.82) is 0 Å². The molecule has 0 atom stereocenters. The standard InChI is InChI=1S/C13H15N5O/c19-5-4-18-9-12(8-16-18)14-6-10-2-1-3-11-7-15-17-13(10)11/h1-3,7-9,14,19H,4-6H2,(H,15,17). The van der Waals surface area contributed by atoms with Gasteiger partial charge in [0.1, 0.15) is 0 Å². The Morgan fingerprint density at radius 2 is 2.26 bits per heavy atom. The quantitative estimate of drug-likeness (QED) is 0.645. The van der Waals surface area contributed by atoms with Crippen LogP contribution < -0.4 is 5.32 Å². The number of aromatic amines is 1. The molecule has 3 rings (SSSR count). The van der Waals surface area contributed by atoms with Crippen molar-refractivity contribution in [2.45, 2.75) is 13.1 Å². The number of anilines is 1. The van der Waals surface area contributed by atoms with Crippen LogP contribution in [0.25, 0.3) is 10.9 Å². The molecule has 0 radical (unpaired) electrons. The van der Waals surface area contributed by atoms with Gasteiger partial charge in [-0.2, -0.15) is 10.2 Å². The van der Waals surface area contributed by atoms with Crippen molar-refractivity contribution in [3.05, 3.63) is 42.4 Å². The van der Waals surface area contributed by atoms with E-state index in [2.05, 4.69) is 26.7 Å². The molecule has 2 heterocycles. The van der Waals surface area contributed by atoms with E-state index in [1.807, 2.05) is 24.5 Å². The lowest BCUT2D eigenvalue weighted by molar-refractivity contribution is 0.269. The first kappa shape index (κ1) is 11.7. The third kappa shape index (κ3) is 2.43. The number of nitrogens with one attached hydrogen (secondary N) is 2. The lowest BCUT2D eigenvalue weighted by Crippen LogP contribution is -2.02. The van der Waals surface area contributed by atoms with Crippen LogP contribution in [0.5, 0.6) is 0 Å². The molecule has 0 unspecified atom stereocenters. The van der Waals surface area contributed by atoms with Crippen LogP contribution in [0.2, 0.25) is 0 Å². The molecule has 0 saturated carbocycles. The minimum absolute atomic E-state index is 0.0918. The smallest absolute Gasteiger partial charge is 0.0729 e. The Kier molecular flexibility index (Phi) is 3.16. The molecule has 3 N–H and O–H groups in total. The number of rotatable bonds is 5. The molecular formula is C13H15N5O. The summed E-state index contributed by atoms with van der Waals surface area (Å²) >= 11 is 0. The Morgan fingerprint density at radius 1 is 1.32 bits per heavy atom. The van der Waals surface area contributed by atoms with Crippen molar-refractivity contribution in [3.8, 4) is 0 Å². The lowest BCUT2D eigenvalue weighted by Gasteiger charge is -2.04. The molecule has 0 bridgehead atoms. The molecule has 19 heavy (non-hydrogen) atoms. The molecule has 0 fully saturated rings. The largest absolute Gasteiger partial charge is 0.394 e. The molecule has 6 nitrogen and oxygen atoms in total. The minimum Gasteiger partial charge on any atom is -0.394 e. The van der Waals surface area contributed by atoms with Gasteiger partial charge in [0.15, 0.2) is 0 Å². The maximum Gasteiger partial charge on any atom is 0.0729 e. The number of fused-ring (bicyclic) bond motifs is 1. The van der Waals surface area contributed by atoms with Crippen molar-refractivity contribution in [3.63, 3.8) is 0 Å². The normalized spacial score (nSPS) is 11.0. The second-order valence-electron chi connectivity index (χ2n) is 4.32. The van der Waals surface area contributed by atoms with Gasteiger partial charge in [-0.25, -0.2) is 0 Å². The highest BCUT2D eigenvalue weighted by Gasteiger charge is 2.03. The molecule has 98 valence electrons. The van der Waals surface area contributed by atoms with E-state index >= 15 is 0 Å². The summed E-state index contributed by atoms with van der Waals surface area (Å²) in [5.74, 6) is 0. The fourth-order valence-electron chi connectivity index (χ4n) is 2.05. The molecule has 1 aromatic carbocycles. The predicted octanol–water partition coefficient (Wildman–Crippen LogP) is 1.36. The monoisotopic (exact) mass is 257 g/mol. The molecule has 0 spiro atoms. The second-order valence-corrected chi connectivity index (χ2v) is 4.32. The molecule has 0 saturated heterocycles. The van der Waals surface area contributed by atoms with Gasteiger partial charge in [-0.15, -0.1) is 0 Å². The zero-order valence-electron chi connectivity index (χ0n) is 10.4. The number of benzene rings is 1. The summed E-state index contributed by atoms with van der Waals surface area (Å²) in [4.78, 5) is 0. The highest BCUT2D eigenvalue weighted by molar-refractivity contribution is 5.81. The Labute approximate surface area is 110 Å². The Bertz CT molecular complexity index is 672. The van der Waals surface area contributed by atoms with Gasteiger partial charge in [0.2, 0.25) is 0 Å². The molecule has 2 aromatic heterocycles. The van der Waals surface area contributed by atoms with E-state index in [4.69, 9.17) is 5.11 Å². The molecule has 0 amide bonds. The van der Waals surface area contributed by atoms with Crippen LogP contribution in [-0.2, 0) is 13.1 Å². The van der Waals surface area contributed by atoms with Crippen LogP contribution in [0.1, 0.15) is 5.56 Å². The zero-order chi connectivity index (χ0) is 13.1. The predicted molar refractivity (Wildman–Crippen MR) is 72.7 cm³/mol. The lowest BCUT2D eigenvalue weighted by atomic mass is 10.1. The van der Waals surface area contributed by atoms with Crippen molar-refractivity contribution >= 4 is 16.6 Å². The number of para-hydroxylation sites is 1. The highest BCUT2D eigenvalue weighted by Crippen LogP contribution is 2.17. The van der Waals surface area contributed by atoms with Crippen molar-refractivity contribution in [2.75, 3.05) is 11.9 Å². The summed E-state index contributed by atoms with van der Waals surface area (Å²) in [5, 5.41) is 24.5. The number of H-pyrrole nitrogens is 1. The van der Waals surface area contributed by atoms with Crippen LogP contribution in [0, 0.1) is 0 Å². The van der Waals surface area contributed by atoms with Gasteiger partial charge in [0, 0.05) is 18.1 Å². The highest BCUT2D eigenvalue weighted by atomic mass is 16.3. The minimum atomic E-state index is 0.0918. The van der Waals surface area contributed by atoms with Crippen LogP contribution >= 0.6 is 0 Å². The summed E-state index contributed by atoms with van der Waals surface area (Å²) < 4.78 is 1.71. The number of aliphatic hydroxyl groups excluding tert-OH is 1. The van der Waals surface area contributed by atoms with Crippen molar-refractivity contribution < 1.29 is 5.11 Å². The van der Waals surface area contributed by atoms with Gasteiger partial charge in [0.25, 0.3) is 0 Å². The Hall–Kier alpha value is -2.34. The summed E-state index contributed by atoms with van der Waals surface area (Å²) in [6, 6.07) is 6.11.